The van der Waals surface area contributed by atoms with E-state index in [1.54, 1.807) is 13.8 Å². The van der Waals surface area contributed by atoms with Crippen LogP contribution in [0.4, 0.5) is 0 Å². The first kappa shape index (κ1) is 14.9. The van der Waals surface area contributed by atoms with Gasteiger partial charge in [0.1, 0.15) is 6.04 Å². The molecule has 0 spiro atoms. The van der Waals surface area contributed by atoms with Crippen LogP contribution in [-0.4, -0.2) is 37.1 Å². The Labute approximate surface area is 96.9 Å². The van der Waals surface area contributed by atoms with E-state index >= 15 is 0 Å². The van der Waals surface area contributed by atoms with Crippen molar-refractivity contribution in [2.45, 2.75) is 46.2 Å². The van der Waals surface area contributed by atoms with E-state index in [4.69, 9.17) is 4.74 Å². The van der Waals surface area contributed by atoms with Crippen LogP contribution in [0.15, 0.2) is 0 Å². The molecule has 5 heteroatoms. The van der Waals surface area contributed by atoms with Crippen LogP contribution in [0, 0.1) is 0 Å². The first-order valence-corrected chi connectivity index (χ1v) is 5.70. The van der Waals surface area contributed by atoms with Gasteiger partial charge in [0.2, 0.25) is 5.91 Å². The maximum atomic E-state index is 11.4. The molecule has 1 amide bonds. The Morgan fingerprint density at radius 3 is 2.38 bits per heavy atom. The predicted molar refractivity (Wildman–Crippen MR) is 62.0 cm³/mol. The van der Waals surface area contributed by atoms with Crippen molar-refractivity contribution in [3.63, 3.8) is 0 Å². The summed E-state index contributed by atoms with van der Waals surface area (Å²) in [6.45, 7) is 7.84. The third-order valence-electron chi connectivity index (χ3n) is 2.23. The highest BCUT2D eigenvalue weighted by Gasteiger charge is 2.14. The highest BCUT2D eigenvalue weighted by molar-refractivity contribution is 5.80. The second-order valence-corrected chi connectivity index (χ2v) is 3.73. The fourth-order valence-corrected chi connectivity index (χ4v) is 1.02. The number of amides is 1. The molecule has 0 aliphatic heterocycles. The third-order valence-corrected chi connectivity index (χ3v) is 2.23. The van der Waals surface area contributed by atoms with Crippen LogP contribution in [-0.2, 0) is 14.3 Å². The molecule has 0 radical (unpaired) electrons. The summed E-state index contributed by atoms with van der Waals surface area (Å²) in [6.07, 6.45) is 0.888. The van der Waals surface area contributed by atoms with Crippen LogP contribution in [0.3, 0.4) is 0 Å². The van der Waals surface area contributed by atoms with E-state index < -0.39 is 6.04 Å². The van der Waals surface area contributed by atoms with Crippen molar-refractivity contribution in [3.8, 4) is 0 Å². The van der Waals surface area contributed by atoms with Gasteiger partial charge in [0.25, 0.3) is 0 Å². The molecule has 0 saturated carbocycles. The Morgan fingerprint density at radius 1 is 1.25 bits per heavy atom. The Hall–Kier alpha value is -1.10. The van der Waals surface area contributed by atoms with Gasteiger partial charge < -0.3 is 10.1 Å². The maximum Gasteiger partial charge on any atom is 0.322 e. The average molecular weight is 230 g/mol. The van der Waals surface area contributed by atoms with Gasteiger partial charge in [-0.3, -0.25) is 14.9 Å². The number of esters is 1. The minimum absolute atomic E-state index is 0.106. The van der Waals surface area contributed by atoms with Crippen LogP contribution in [0.5, 0.6) is 0 Å². The van der Waals surface area contributed by atoms with E-state index in [1.165, 1.54) is 0 Å². The smallest absolute Gasteiger partial charge is 0.322 e. The zero-order chi connectivity index (χ0) is 12.6. The van der Waals surface area contributed by atoms with E-state index in [9.17, 15) is 9.59 Å². The summed E-state index contributed by atoms with van der Waals surface area (Å²) in [5.41, 5.74) is 0. The summed E-state index contributed by atoms with van der Waals surface area (Å²) in [5, 5.41) is 5.61. The van der Waals surface area contributed by atoms with Crippen molar-refractivity contribution in [1.82, 2.24) is 10.6 Å². The van der Waals surface area contributed by atoms with Crippen LogP contribution in [0.1, 0.15) is 34.1 Å². The minimum atomic E-state index is -0.456. The van der Waals surface area contributed by atoms with Crippen LogP contribution in [0.25, 0.3) is 0 Å². The Balaban J connectivity index is 3.78. The van der Waals surface area contributed by atoms with Crippen LogP contribution < -0.4 is 10.6 Å². The van der Waals surface area contributed by atoms with Gasteiger partial charge in [-0.1, -0.05) is 6.92 Å². The van der Waals surface area contributed by atoms with Crippen molar-refractivity contribution >= 4 is 11.9 Å². The number of nitrogens with one attached hydrogen (secondary N) is 2. The molecule has 0 aromatic heterocycles. The zero-order valence-electron chi connectivity index (χ0n) is 10.5. The van der Waals surface area contributed by atoms with Crippen molar-refractivity contribution in [2.24, 2.45) is 0 Å². The van der Waals surface area contributed by atoms with Gasteiger partial charge in [0, 0.05) is 6.04 Å². The molecule has 0 aromatic rings. The van der Waals surface area contributed by atoms with Gasteiger partial charge in [-0.05, 0) is 27.2 Å². The van der Waals surface area contributed by atoms with E-state index in [2.05, 4.69) is 10.6 Å². The molecular weight excluding hydrogens is 208 g/mol. The number of hydrogen-bond acceptors (Lipinski definition) is 4. The highest BCUT2D eigenvalue weighted by atomic mass is 16.5. The fraction of sp³-hybridized carbons (Fsp3) is 0.818. The van der Waals surface area contributed by atoms with Gasteiger partial charge in [-0.2, -0.15) is 0 Å². The summed E-state index contributed by atoms with van der Waals surface area (Å²) in [5.74, 6) is -0.440. The SMILES string of the molecule is CCOC(=O)C(C)NCC(=O)NC(C)CC. The van der Waals surface area contributed by atoms with Crippen LogP contribution in [0.2, 0.25) is 0 Å². The summed E-state index contributed by atoms with van der Waals surface area (Å²) < 4.78 is 4.81. The summed E-state index contributed by atoms with van der Waals surface area (Å²) in [6, 6.07) is -0.296. The molecule has 0 heterocycles. The molecule has 5 nitrogen and oxygen atoms in total. The molecule has 0 aliphatic rings. The molecule has 2 N–H and O–H groups in total. The summed E-state index contributed by atoms with van der Waals surface area (Å²) in [7, 11) is 0. The summed E-state index contributed by atoms with van der Waals surface area (Å²) in [4.78, 5) is 22.6. The Bertz CT molecular complexity index is 231. The van der Waals surface area contributed by atoms with Crippen molar-refractivity contribution in [3.05, 3.63) is 0 Å². The minimum Gasteiger partial charge on any atom is -0.465 e. The van der Waals surface area contributed by atoms with Gasteiger partial charge >= 0.3 is 5.97 Å². The molecule has 2 atom stereocenters. The van der Waals surface area contributed by atoms with E-state index in [1.807, 2.05) is 13.8 Å². The monoisotopic (exact) mass is 230 g/mol. The van der Waals surface area contributed by atoms with Gasteiger partial charge in [0.15, 0.2) is 0 Å². The zero-order valence-corrected chi connectivity index (χ0v) is 10.5. The lowest BCUT2D eigenvalue weighted by atomic mass is 10.2. The Kier molecular flexibility index (Phi) is 7.54. The van der Waals surface area contributed by atoms with Crippen LogP contribution >= 0.6 is 0 Å². The molecule has 94 valence electrons. The van der Waals surface area contributed by atoms with E-state index in [-0.39, 0.29) is 24.5 Å². The van der Waals surface area contributed by atoms with Gasteiger partial charge in [0.05, 0.1) is 13.2 Å². The standard InChI is InChI=1S/C11H22N2O3/c1-5-8(3)13-10(14)7-12-9(4)11(15)16-6-2/h8-9,12H,5-7H2,1-4H3,(H,13,14). The number of hydrogen-bond donors (Lipinski definition) is 2. The second-order valence-electron chi connectivity index (χ2n) is 3.73. The van der Waals surface area contributed by atoms with Crippen molar-refractivity contribution < 1.29 is 14.3 Å². The molecule has 0 fully saturated rings. The Morgan fingerprint density at radius 2 is 1.88 bits per heavy atom. The number of carbonyl (C=O) groups is 2. The lowest BCUT2D eigenvalue weighted by Crippen LogP contribution is -2.44. The number of rotatable bonds is 7. The molecule has 0 saturated heterocycles. The quantitative estimate of drug-likeness (QED) is 0.623. The number of ether oxygens (including phenoxy) is 1. The predicted octanol–water partition coefficient (Wildman–Crippen LogP) is 0.442. The molecule has 0 bridgehead atoms. The lowest BCUT2D eigenvalue weighted by Gasteiger charge is -2.14. The molecule has 0 aliphatic carbocycles. The first-order chi connectivity index (χ1) is 7.51. The van der Waals surface area contributed by atoms with Crippen molar-refractivity contribution in [2.75, 3.05) is 13.2 Å². The van der Waals surface area contributed by atoms with Crippen molar-refractivity contribution in [1.29, 1.82) is 0 Å². The number of carbonyl (C=O) groups excluding carboxylic acids is 2. The molecule has 2 unspecified atom stereocenters. The molecule has 0 aromatic carbocycles. The van der Waals surface area contributed by atoms with Gasteiger partial charge in [-0.25, -0.2) is 0 Å². The lowest BCUT2D eigenvalue weighted by molar-refractivity contribution is -0.145. The fourth-order valence-electron chi connectivity index (χ4n) is 1.02. The third kappa shape index (κ3) is 6.40. The first-order valence-electron chi connectivity index (χ1n) is 5.70. The highest BCUT2D eigenvalue weighted by Crippen LogP contribution is 1.89. The second kappa shape index (κ2) is 8.10. The van der Waals surface area contributed by atoms with E-state index in [0.717, 1.165) is 6.42 Å². The average Bonchev–Trinajstić information content (AvgIpc) is 2.25. The molecule has 16 heavy (non-hydrogen) atoms. The largest absolute Gasteiger partial charge is 0.465 e. The van der Waals surface area contributed by atoms with E-state index in [0.29, 0.717) is 6.61 Å². The van der Waals surface area contributed by atoms with Gasteiger partial charge in [-0.15, -0.1) is 0 Å². The summed E-state index contributed by atoms with van der Waals surface area (Å²) >= 11 is 0. The molecular formula is C11H22N2O3. The maximum absolute atomic E-state index is 11.4. The normalized spacial score (nSPS) is 14.0. The molecule has 0 rings (SSSR count). The topological polar surface area (TPSA) is 67.4 Å².